The van der Waals surface area contributed by atoms with E-state index in [2.05, 4.69) is 47.6 Å². The van der Waals surface area contributed by atoms with Crippen molar-refractivity contribution in [3.63, 3.8) is 0 Å². The first-order chi connectivity index (χ1) is 18.1. The summed E-state index contributed by atoms with van der Waals surface area (Å²) in [4.78, 5) is 31.8. The molecule has 37 heavy (non-hydrogen) atoms. The van der Waals surface area contributed by atoms with Gasteiger partial charge in [-0.3, -0.25) is 14.8 Å². The molecule has 0 unspecified atom stereocenters. The van der Waals surface area contributed by atoms with Crippen LogP contribution in [0.1, 0.15) is 12.1 Å². The molecule has 5 heterocycles. The smallest absolute Gasteiger partial charge is 0.310 e. The normalized spacial score (nSPS) is 18.1. The van der Waals surface area contributed by atoms with Crippen molar-refractivity contribution in [2.24, 2.45) is 5.92 Å². The predicted molar refractivity (Wildman–Crippen MR) is 143 cm³/mol. The molecule has 2 saturated heterocycles. The van der Waals surface area contributed by atoms with Gasteiger partial charge in [-0.1, -0.05) is 12.1 Å². The molecule has 9 nitrogen and oxygen atoms in total. The first-order valence-corrected chi connectivity index (χ1v) is 12.9. The van der Waals surface area contributed by atoms with E-state index in [9.17, 15) is 4.79 Å². The topological polar surface area (TPSA) is 108 Å². The second-order valence-electron chi connectivity index (χ2n) is 9.85. The summed E-state index contributed by atoms with van der Waals surface area (Å²) in [5.41, 5.74) is 6.53. The number of imidazole rings is 1. The van der Waals surface area contributed by atoms with Crippen LogP contribution in [0.25, 0.3) is 33.5 Å². The number of aromatic amines is 1. The highest BCUT2D eigenvalue weighted by atomic mass is 16.5. The summed E-state index contributed by atoms with van der Waals surface area (Å²) in [6.07, 6.45) is 4.51. The molecule has 0 aliphatic carbocycles. The standard InChI is InChI=1S/C28H31N7O2/c1-18-3-2-4-25(34-18)27-26(32-17-33-27)19-5-6-24-21(11-19)12-22(13-31-24)30-8-10-35-9-7-20(16-35)28(36)37-23-14-29-15-23/h2-6,11-13,17,20,23,29-30H,7-10,14-16H2,1H3,(H,32,33)/t20-/m0/s1. The van der Waals surface area contributed by atoms with Gasteiger partial charge in [-0.05, 0) is 50.2 Å². The summed E-state index contributed by atoms with van der Waals surface area (Å²) in [7, 11) is 0. The van der Waals surface area contributed by atoms with E-state index in [-0.39, 0.29) is 18.0 Å². The van der Waals surface area contributed by atoms with Crippen molar-refractivity contribution in [3.8, 4) is 22.6 Å². The van der Waals surface area contributed by atoms with Gasteiger partial charge in [0.2, 0.25) is 0 Å². The number of hydrogen-bond donors (Lipinski definition) is 3. The minimum atomic E-state index is -0.0465. The van der Waals surface area contributed by atoms with Crippen LogP contribution in [0.2, 0.25) is 0 Å². The van der Waals surface area contributed by atoms with Crippen molar-refractivity contribution in [1.29, 1.82) is 0 Å². The molecule has 1 aromatic carbocycles. The van der Waals surface area contributed by atoms with Crippen LogP contribution in [-0.4, -0.2) is 76.2 Å². The Labute approximate surface area is 215 Å². The molecule has 0 saturated carbocycles. The van der Waals surface area contributed by atoms with Crippen molar-refractivity contribution in [2.45, 2.75) is 19.4 Å². The fourth-order valence-electron chi connectivity index (χ4n) is 4.96. The monoisotopic (exact) mass is 497 g/mol. The number of nitrogens with one attached hydrogen (secondary N) is 3. The van der Waals surface area contributed by atoms with E-state index in [0.717, 1.165) is 90.6 Å². The van der Waals surface area contributed by atoms with Gasteiger partial charge in [0.15, 0.2) is 0 Å². The van der Waals surface area contributed by atoms with E-state index in [1.54, 1.807) is 6.33 Å². The number of nitrogens with zero attached hydrogens (tertiary/aromatic N) is 4. The van der Waals surface area contributed by atoms with E-state index in [1.165, 1.54) is 0 Å². The number of H-pyrrole nitrogens is 1. The van der Waals surface area contributed by atoms with Crippen molar-refractivity contribution < 1.29 is 9.53 Å². The summed E-state index contributed by atoms with van der Waals surface area (Å²) in [5.74, 6) is -0.0574. The highest BCUT2D eigenvalue weighted by Crippen LogP contribution is 2.30. The third-order valence-corrected chi connectivity index (χ3v) is 7.13. The van der Waals surface area contributed by atoms with Gasteiger partial charge in [-0.15, -0.1) is 0 Å². The molecule has 1 atom stereocenters. The summed E-state index contributed by atoms with van der Waals surface area (Å²) < 4.78 is 5.55. The summed E-state index contributed by atoms with van der Waals surface area (Å²) >= 11 is 0. The zero-order chi connectivity index (χ0) is 25.2. The third-order valence-electron chi connectivity index (χ3n) is 7.13. The van der Waals surface area contributed by atoms with Gasteiger partial charge < -0.3 is 25.3 Å². The fourth-order valence-corrected chi connectivity index (χ4v) is 4.96. The van der Waals surface area contributed by atoms with Crippen LogP contribution in [-0.2, 0) is 9.53 Å². The van der Waals surface area contributed by atoms with E-state index < -0.39 is 0 Å². The highest BCUT2D eigenvalue weighted by Gasteiger charge is 2.32. The van der Waals surface area contributed by atoms with Crippen LogP contribution in [0.3, 0.4) is 0 Å². The number of carbonyl (C=O) groups is 1. The van der Waals surface area contributed by atoms with E-state index in [0.29, 0.717) is 0 Å². The van der Waals surface area contributed by atoms with E-state index in [1.807, 2.05) is 43.5 Å². The fraction of sp³-hybridized carbons (Fsp3) is 0.357. The van der Waals surface area contributed by atoms with Crippen LogP contribution in [0.5, 0.6) is 0 Å². The Morgan fingerprint density at radius 3 is 2.95 bits per heavy atom. The Hall–Kier alpha value is -3.82. The number of aryl methyl sites for hydroxylation is 1. The first-order valence-electron chi connectivity index (χ1n) is 12.9. The van der Waals surface area contributed by atoms with Gasteiger partial charge in [-0.2, -0.15) is 0 Å². The number of aromatic nitrogens is 4. The number of fused-ring (bicyclic) bond motifs is 1. The number of hydrogen-bond acceptors (Lipinski definition) is 8. The van der Waals surface area contributed by atoms with Gasteiger partial charge in [0.1, 0.15) is 6.10 Å². The van der Waals surface area contributed by atoms with Crippen LogP contribution in [0.15, 0.2) is 55.0 Å². The Bertz CT molecular complexity index is 1410. The number of likely N-dealkylation sites (tertiary alicyclic amines) is 1. The number of carbonyl (C=O) groups excluding carboxylic acids is 1. The molecule has 2 fully saturated rings. The number of esters is 1. The van der Waals surface area contributed by atoms with E-state index >= 15 is 0 Å². The second-order valence-corrected chi connectivity index (χ2v) is 9.85. The molecule has 2 aliphatic heterocycles. The Morgan fingerprint density at radius 1 is 1.19 bits per heavy atom. The number of ether oxygens (including phenoxy) is 1. The SMILES string of the molecule is Cc1cccc(-c2[nH]cnc2-c2ccc3ncc(NCCN4CC[C@H](C(=O)OC5CNC5)C4)cc3c2)n1. The zero-order valence-corrected chi connectivity index (χ0v) is 20.9. The van der Waals surface area contributed by atoms with Crippen molar-refractivity contribution in [3.05, 3.63) is 60.7 Å². The van der Waals surface area contributed by atoms with Gasteiger partial charge >= 0.3 is 5.97 Å². The Balaban J connectivity index is 1.09. The van der Waals surface area contributed by atoms with Crippen LogP contribution < -0.4 is 10.6 Å². The summed E-state index contributed by atoms with van der Waals surface area (Å²) in [5, 5.41) is 7.67. The van der Waals surface area contributed by atoms with E-state index in [4.69, 9.17) is 4.74 Å². The largest absolute Gasteiger partial charge is 0.459 e. The first kappa shape index (κ1) is 23.6. The Morgan fingerprint density at radius 2 is 2.11 bits per heavy atom. The lowest BCUT2D eigenvalue weighted by Gasteiger charge is -2.27. The molecule has 0 radical (unpaired) electrons. The van der Waals surface area contributed by atoms with Gasteiger partial charge in [0.05, 0.1) is 46.7 Å². The van der Waals surface area contributed by atoms with Crippen LogP contribution >= 0.6 is 0 Å². The molecule has 0 bridgehead atoms. The van der Waals surface area contributed by atoms with Crippen molar-refractivity contribution in [2.75, 3.05) is 44.6 Å². The maximum Gasteiger partial charge on any atom is 0.310 e. The number of rotatable bonds is 8. The molecular formula is C28H31N7O2. The average Bonchev–Trinajstić information content (AvgIpc) is 3.56. The number of pyridine rings is 2. The lowest BCUT2D eigenvalue weighted by atomic mass is 10.0. The minimum absolute atomic E-state index is 0.0108. The molecule has 3 N–H and O–H groups in total. The number of anilines is 1. The maximum atomic E-state index is 12.3. The van der Waals surface area contributed by atoms with Gasteiger partial charge in [-0.25, -0.2) is 4.98 Å². The molecule has 190 valence electrons. The average molecular weight is 498 g/mol. The van der Waals surface area contributed by atoms with Crippen molar-refractivity contribution in [1.82, 2.24) is 30.2 Å². The predicted octanol–water partition coefficient (Wildman–Crippen LogP) is 3.24. The van der Waals surface area contributed by atoms with Gasteiger partial charge in [0.25, 0.3) is 0 Å². The minimum Gasteiger partial charge on any atom is -0.459 e. The van der Waals surface area contributed by atoms with Gasteiger partial charge in [0, 0.05) is 49.4 Å². The summed E-state index contributed by atoms with van der Waals surface area (Å²) in [6, 6.07) is 14.3. The second kappa shape index (κ2) is 10.3. The lowest BCUT2D eigenvalue weighted by molar-refractivity contribution is -0.155. The lowest BCUT2D eigenvalue weighted by Crippen LogP contribution is -2.50. The highest BCUT2D eigenvalue weighted by molar-refractivity contribution is 5.88. The molecule has 9 heteroatoms. The van der Waals surface area contributed by atoms with Crippen LogP contribution in [0.4, 0.5) is 5.69 Å². The third kappa shape index (κ3) is 5.19. The molecule has 0 spiro atoms. The quantitative estimate of drug-likeness (QED) is 0.319. The molecular weight excluding hydrogens is 466 g/mol. The Kier molecular flexibility index (Phi) is 6.55. The number of benzene rings is 1. The van der Waals surface area contributed by atoms with Crippen LogP contribution in [0, 0.1) is 12.8 Å². The maximum absolute atomic E-state index is 12.3. The molecule has 2 aliphatic rings. The summed E-state index contributed by atoms with van der Waals surface area (Å²) in [6.45, 7) is 6.88. The molecule has 0 amide bonds. The molecule has 6 rings (SSSR count). The van der Waals surface area contributed by atoms with Crippen molar-refractivity contribution >= 4 is 22.6 Å². The zero-order valence-electron chi connectivity index (χ0n) is 20.9. The molecule has 4 aromatic rings. The molecule has 3 aromatic heterocycles.